The summed E-state index contributed by atoms with van der Waals surface area (Å²) in [5, 5.41) is 3.10. The van der Waals surface area contributed by atoms with Gasteiger partial charge in [0.15, 0.2) is 5.82 Å². The fourth-order valence-corrected chi connectivity index (χ4v) is 3.19. The van der Waals surface area contributed by atoms with Crippen LogP contribution in [0, 0.1) is 11.6 Å². The van der Waals surface area contributed by atoms with Crippen LogP contribution in [0.2, 0.25) is 5.02 Å². The minimum atomic E-state index is -1.14. The Labute approximate surface area is 168 Å². The third-order valence-corrected chi connectivity index (χ3v) is 4.74. The first kappa shape index (κ1) is 18.8. The van der Waals surface area contributed by atoms with E-state index in [9.17, 15) is 18.4 Å². The van der Waals surface area contributed by atoms with Gasteiger partial charge < -0.3 is 10.3 Å². The third-order valence-electron chi connectivity index (χ3n) is 4.49. The highest BCUT2D eigenvalue weighted by molar-refractivity contribution is 6.30. The molecule has 0 aliphatic heterocycles. The van der Waals surface area contributed by atoms with E-state index in [2.05, 4.69) is 15.3 Å². The zero-order valence-corrected chi connectivity index (χ0v) is 15.4. The van der Waals surface area contributed by atoms with Gasteiger partial charge in [-0.05, 0) is 35.9 Å². The van der Waals surface area contributed by atoms with Crippen LogP contribution in [-0.4, -0.2) is 22.2 Å². The number of amides is 1. The van der Waals surface area contributed by atoms with Gasteiger partial charge in [-0.1, -0.05) is 23.7 Å². The number of halogens is 3. The molecule has 0 saturated heterocycles. The topological polar surface area (TPSA) is 74.8 Å². The highest BCUT2D eigenvalue weighted by Gasteiger charge is 2.24. The molecule has 144 valence electrons. The lowest BCUT2D eigenvalue weighted by atomic mass is 10.00. The maximum atomic E-state index is 14.6. The number of fused-ring (bicyclic) bond motifs is 1. The number of nitrogens with one attached hydrogen (secondary N) is 2. The molecule has 29 heavy (non-hydrogen) atoms. The average molecular weight is 412 g/mol. The van der Waals surface area contributed by atoms with Gasteiger partial charge in [0.05, 0.1) is 11.3 Å². The lowest BCUT2D eigenvalue weighted by molar-refractivity contribution is -0.105. The minimum absolute atomic E-state index is 0.0596. The second kappa shape index (κ2) is 7.44. The Balaban J connectivity index is 1.83. The number of carbonyl (C=O) groups is 2. The molecule has 4 rings (SSSR count). The van der Waals surface area contributed by atoms with Gasteiger partial charge in [-0.15, -0.1) is 0 Å². The molecule has 8 heteroatoms. The van der Waals surface area contributed by atoms with E-state index in [4.69, 9.17) is 11.6 Å². The van der Waals surface area contributed by atoms with Crippen molar-refractivity contribution in [3.63, 3.8) is 0 Å². The second-order valence-electron chi connectivity index (χ2n) is 6.20. The van der Waals surface area contributed by atoms with Crippen molar-refractivity contribution in [1.82, 2.24) is 9.97 Å². The summed E-state index contributed by atoms with van der Waals surface area (Å²) in [7, 11) is 0. The molecule has 2 aromatic carbocycles. The number of carbonyl (C=O) groups excluding carboxylic acids is 2. The van der Waals surface area contributed by atoms with Crippen molar-refractivity contribution in [2.24, 2.45) is 0 Å². The number of benzene rings is 2. The van der Waals surface area contributed by atoms with Crippen LogP contribution in [0.3, 0.4) is 0 Å². The molecule has 2 heterocycles. The monoisotopic (exact) mass is 411 g/mol. The summed E-state index contributed by atoms with van der Waals surface area (Å²) in [6.07, 6.45) is 3.22. The van der Waals surface area contributed by atoms with Gasteiger partial charge in [0.2, 0.25) is 12.2 Å². The predicted octanol–water partition coefficient (Wildman–Crippen LogP) is 4.96. The van der Waals surface area contributed by atoms with Crippen molar-refractivity contribution in [2.45, 2.75) is 0 Å². The molecule has 0 unspecified atom stereocenters. The van der Waals surface area contributed by atoms with E-state index in [1.807, 2.05) is 0 Å². The van der Waals surface area contributed by atoms with Gasteiger partial charge in [0.1, 0.15) is 11.5 Å². The van der Waals surface area contributed by atoms with E-state index in [1.54, 1.807) is 36.5 Å². The van der Waals surface area contributed by atoms with Gasteiger partial charge in [0.25, 0.3) is 0 Å². The zero-order valence-electron chi connectivity index (χ0n) is 14.7. The van der Waals surface area contributed by atoms with Crippen LogP contribution in [0.15, 0.2) is 54.9 Å². The van der Waals surface area contributed by atoms with Gasteiger partial charge in [-0.3, -0.25) is 9.59 Å². The van der Waals surface area contributed by atoms with Gasteiger partial charge in [-0.25, -0.2) is 13.8 Å². The van der Waals surface area contributed by atoms with Gasteiger partial charge >= 0.3 is 0 Å². The molecule has 0 fully saturated rings. The Morgan fingerprint density at radius 3 is 2.59 bits per heavy atom. The standard InChI is InChI=1S/C21H12ClF2N3O2/c22-13-3-1-11(2-4-13)12-7-14-15(9-26-21(14)25-8-12)20(29)18-16(23)5-6-17(19(18)24)27-10-28/h1-10H,(H,25,26)(H,27,28). The number of rotatable bonds is 5. The Bertz CT molecular complexity index is 1250. The third kappa shape index (κ3) is 3.36. The van der Waals surface area contributed by atoms with Gasteiger partial charge in [0, 0.05) is 33.9 Å². The van der Waals surface area contributed by atoms with E-state index < -0.39 is 23.0 Å². The van der Waals surface area contributed by atoms with Crippen molar-refractivity contribution in [1.29, 1.82) is 0 Å². The average Bonchev–Trinajstić information content (AvgIpc) is 3.14. The summed E-state index contributed by atoms with van der Waals surface area (Å²) in [6.45, 7) is 0. The summed E-state index contributed by atoms with van der Waals surface area (Å²) in [6, 6.07) is 10.7. The van der Waals surface area contributed by atoms with Crippen molar-refractivity contribution >= 4 is 40.5 Å². The number of pyridine rings is 1. The second-order valence-corrected chi connectivity index (χ2v) is 6.64. The first-order valence-corrected chi connectivity index (χ1v) is 8.83. The van der Waals surface area contributed by atoms with Crippen molar-refractivity contribution < 1.29 is 18.4 Å². The summed E-state index contributed by atoms with van der Waals surface area (Å²) >= 11 is 5.91. The molecule has 2 N–H and O–H groups in total. The molecule has 1 amide bonds. The van der Waals surface area contributed by atoms with E-state index in [0.29, 0.717) is 21.6 Å². The Kier molecular flexibility index (Phi) is 4.82. The van der Waals surface area contributed by atoms with Crippen molar-refractivity contribution in [2.75, 3.05) is 5.32 Å². The Hall–Kier alpha value is -3.58. The Morgan fingerprint density at radius 2 is 1.86 bits per heavy atom. The fraction of sp³-hybridized carbons (Fsp3) is 0. The van der Waals surface area contributed by atoms with Crippen molar-refractivity contribution in [3.8, 4) is 11.1 Å². The molecule has 2 aromatic heterocycles. The van der Waals surface area contributed by atoms with Crippen LogP contribution in [0.25, 0.3) is 22.2 Å². The quantitative estimate of drug-likeness (QED) is 0.360. The number of aromatic amines is 1. The van der Waals surface area contributed by atoms with Crippen molar-refractivity contribution in [3.05, 3.63) is 82.6 Å². The number of ketones is 1. The number of aromatic nitrogens is 2. The van der Waals surface area contributed by atoms with E-state index in [-0.39, 0.29) is 17.7 Å². The molecule has 0 radical (unpaired) electrons. The molecule has 4 aromatic rings. The van der Waals surface area contributed by atoms with Gasteiger partial charge in [-0.2, -0.15) is 0 Å². The molecule has 5 nitrogen and oxygen atoms in total. The highest BCUT2D eigenvalue weighted by Crippen LogP contribution is 2.29. The number of hydrogen-bond acceptors (Lipinski definition) is 3. The molecule has 0 aliphatic rings. The predicted molar refractivity (Wildman–Crippen MR) is 106 cm³/mol. The molecular formula is C21H12ClF2N3O2. The largest absolute Gasteiger partial charge is 0.345 e. The number of nitrogens with zero attached hydrogens (tertiary/aromatic N) is 1. The maximum Gasteiger partial charge on any atom is 0.211 e. The SMILES string of the molecule is O=CNc1ccc(F)c(C(=O)c2c[nH]c3ncc(-c4ccc(Cl)cc4)cc23)c1F. The molecule has 0 saturated carbocycles. The number of H-pyrrole nitrogens is 1. The van der Waals surface area contributed by atoms with Crippen LogP contribution < -0.4 is 5.32 Å². The van der Waals surface area contributed by atoms with Crippen LogP contribution in [0.5, 0.6) is 0 Å². The summed E-state index contributed by atoms with van der Waals surface area (Å²) in [5.74, 6) is -3.03. The first-order valence-electron chi connectivity index (χ1n) is 8.45. The number of anilines is 1. The normalized spacial score (nSPS) is 10.9. The number of hydrogen-bond donors (Lipinski definition) is 2. The Morgan fingerprint density at radius 1 is 1.10 bits per heavy atom. The lowest BCUT2D eigenvalue weighted by Gasteiger charge is -2.08. The van der Waals surface area contributed by atoms with Crippen LogP contribution in [0.1, 0.15) is 15.9 Å². The molecule has 0 bridgehead atoms. The maximum absolute atomic E-state index is 14.6. The molecule has 0 atom stereocenters. The smallest absolute Gasteiger partial charge is 0.211 e. The fourth-order valence-electron chi connectivity index (χ4n) is 3.06. The minimum Gasteiger partial charge on any atom is -0.345 e. The van der Waals surface area contributed by atoms with E-state index >= 15 is 0 Å². The van der Waals surface area contributed by atoms with E-state index in [0.717, 1.165) is 17.7 Å². The van der Waals surface area contributed by atoms with Crippen LogP contribution in [-0.2, 0) is 4.79 Å². The van der Waals surface area contributed by atoms with E-state index in [1.165, 1.54) is 6.20 Å². The summed E-state index contributed by atoms with van der Waals surface area (Å²) in [5.41, 5.74) is 0.940. The lowest BCUT2D eigenvalue weighted by Crippen LogP contribution is -2.10. The highest BCUT2D eigenvalue weighted by atomic mass is 35.5. The molecular weight excluding hydrogens is 400 g/mol. The molecule has 0 spiro atoms. The van der Waals surface area contributed by atoms with Crippen LogP contribution >= 0.6 is 11.6 Å². The zero-order chi connectivity index (χ0) is 20.5. The molecule has 0 aliphatic carbocycles. The van der Waals surface area contributed by atoms with Crippen LogP contribution in [0.4, 0.5) is 14.5 Å². The summed E-state index contributed by atoms with van der Waals surface area (Å²) in [4.78, 5) is 30.7. The summed E-state index contributed by atoms with van der Waals surface area (Å²) < 4.78 is 28.9. The first-order chi connectivity index (χ1) is 14.0.